The Morgan fingerprint density at radius 2 is 2.24 bits per heavy atom. The van der Waals surface area contributed by atoms with E-state index in [9.17, 15) is 0 Å². The zero-order valence-corrected chi connectivity index (χ0v) is 18.2. The summed E-state index contributed by atoms with van der Waals surface area (Å²) in [4.78, 5) is 7.19. The number of guanidine groups is 1. The highest BCUT2D eigenvalue weighted by Gasteiger charge is 2.44. The van der Waals surface area contributed by atoms with Crippen LogP contribution in [0.4, 0.5) is 0 Å². The summed E-state index contributed by atoms with van der Waals surface area (Å²) >= 11 is 6.17. The molecule has 0 radical (unpaired) electrons. The summed E-state index contributed by atoms with van der Waals surface area (Å²) in [5, 5.41) is 4.24. The smallest absolute Gasteiger partial charge is 0.193 e. The molecule has 1 heterocycles. The SMILES string of the molecule is CCNC(=NCC1(c2cccc(Cl)c2)CC1)N(C)CC1CCOC1.I. The van der Waals surface area contributed by atoms with E-state index in [1.165, 1.54) is 18.4 Å². The lowest BCUT2D eigenvalue weighted by Gasteiger charge is -2.25. The number of rotatable bonds is 6. The Hall–Kier alpha value is -0.530. The molecule has 140 valence electrons. The van der Waals surface area contributed by atoms with Gasteiger partial charge in [0.25, 0.3) is 0 Å². The fourth-order valence-electron chi connectivity index (χ4n) is 3.40. The summed E-state index contributed by atoms with van der Waals surface area (Å²) in [6.45, 7) is 6.58. The van der Waals surface area contributed by atoms with E-state index in [0.717, 1.165) is 50.3 Å². The highest BCUT2D eigenvalue weighted by atomic mass is 127. The van der Waals surface area contributed by atoms with E-state index in [-0.39, 0.29) is 29.4 Å². The monoisotopic (exact) mass is 477 g/mol. The van der Waals surface area contributed by atoms with Crippen LogP contribution in [0, 0.1) is 5.92 Å². The first-order chi connectivity index (χ1) is 11.6. The molecule has 0 amide bonds. The molecule has 1 aliphatic carbocycles. The third kappa shape index (κ3) is 5.47. The van der Waals surface area contributed by atoms with Crippen LogP contribution in [-0.4, -0.2) is 50.8 Å². The topological polar surface area (TPSA) is 36.9 Å². The van der Waals surface area contributed by atoms with Gasteiger partial charge in [0.05, 0.1) is 13.2 Å². The Kier molecular flexibility index (Phi) is 7.83. The number of ether oxygens (including phenoxy) is 1. The number of nitrogens with zero attached hydrogens (tertiary/aromatic N) is 2. The maximum Gasteiger partial charge on any atom is 0.193 e. The molecular formula is C19H29ClIN3O. The number of aliphatic imine (C=N–C) groups is 1. The lowest BCUT2D eigenvalue weighted by molar-refractivity contribution is 0.181. The lowest BCUT2D eigenvalue weighted by atomic mass is 9.96. The first kappa shape index (κ1) is 20.8. The van der Waals surface area contributed by atoms with Crippen molar-refractivity contribution in [2.75, 3.05) is 39.9 Å². The van der Waals surface area contributed by atoms with Crippen LogP contribution in [0.3, 0.4) is 0 Å². The second-order valence-corrected chi connectivity index (χ2v) is 7.51. The molecule has 1 unspecified atom stereocenters. The van der Waals surface area contributed by atoms with Crippen LogP contribution in [0.25, 0.3) is 0 Å². The normalized spacial score (nSPS) is 21.6. The molecule has 0 bridgehead atoms. The molecule has 2 aliphatic rings. The Balaban J connectivity index is 0.00000225. The molecule has 1 saturated carbocycles. The molecule has 4 nitrogen and oxygen atoms in total. The van der Waals surface area contributed by atoms with Crippen molar-refractivity contribution in [2.45, 2.75) is 31.6 Å². The molecule has 2 fully saturated rings. The number of hydrogen-bond donors (Lipinski definition) is 1. The van der Waals surface area contributed by atoms with E-state index in [4.69, 9.17) is 21.3 Å². The fourth-order valence-corrected chi connectivity index (χ4v) is 3.59. The maximum atomic E-state index is 6.17. The molecular weight excluding hydrogens is 449 g/mol. The van der Waals surface area contributed by atoms with Crippen molar-refractivity contribution in [1.29, 1.82) is 0 Å². The van der Waals surface area contributed by atoms with Crippen molar-refractivity contribution in [2.24, 2.45) is 10.9 Å². The van der Waals surface area contributed by atoms with E-state index in [1.807, 2.05) is 12.1 Å². The first-order valence-electron chi connectivity index (χ1n) is 8.96. The highest BCUT2D eigenvalue weighted by Crippen LogP contribution is 2.48. The Bertz CT molecular complexity index is 586. The molecule has 25 heavy (non-hydrogen) atoms. The largest absolute Gasteiger partial charge is 0.381 e. The van der Waals surface area contributed by atoms with Gasteiger partial charge in [-0.3, -0.25) is 4.99 Å². The van der Waals surface area contributed by atoms with Crippen LogP contribution in [0.15, 0.2) is 29.3 Å². The summed E-state index contributed by atoms with van der Waals surface area (Å²) in [6.07, 6.45) is 3.53. The minimum atomic E-state index is 0. The molecule has 1 N–H and O–H groups in total. The van der Waals surface area contributed by atoms with Crippen LogP contribution in [0.5, 0.6) is 0 Å². The van der Waals surface area contributed by atoms with E-state index < -0.39 is 0 Å². The molecule has 1 aromatic carbocycles. The number of hydrogen-bond acceptors (Lipinski definition) is 2. The zero-order chi connectivity index (χ0) is 17.0. The van der Waals surface area contributed by atoms with Gasteiger partial charge in [-0.05, 0) is 43.9 Å². The van der Waals surface area contributed by atoms with Crippen LogP contribution in [0.2, 0.25) is 5.02 Å². The minimum absolute atomic E-state index is 0. The summed E-state index contributed by atoms with van der Waals surface area (Å²) in [5.41, 5.74) is 1.50. The van der Waals surface area contributed by atoms with Crippen LogP contribution in [-0.2, 0) is 10.2 Å². The minimum Gasteiger partial charge on any atom is -0.381 e. The second kappa shape index (κ2) is 9.42. The molecule has 1 saturated heterocycles. The fraction of sp³-hybridized carbons (Fsp3) is 0.632. The van der Waals surface area contributed by atoms with Crippen molar-refractivity contribution < 1.29 is 4.74 Å². The zero-order valence-electron chi connectivity index (χ0n) is 15.1. The molecule has 0 spiro atoms. The molecule has 0 aromatic heterocycles. The number of nitrogens with one attached hydrogen (secondary N) is 1. The first-order valence-corrected chi connectivity index (χ1v) is 9.34. The third-order valence-electron chi connectivity index (χ3n) is 5.07. The van der Waals surface area contributed by atoms with Gasteiger partial charge in [-0.2, -0.15) is 0 Å². The average molecular weight is 478 g/mol. The molecule has 3 rings (SSSR count). The number of benzene rings is 1. The summed E-state index contributed by atoms with van der Waals surface area (Å²) in [6, 6.07) is 8.25. The van der Waals surface area contributed by atoms with Gasteiger partial charge in [-0.1, -0.05) is 23.7 Å². The van der Waals surface area contributed by atoms with Crippen LogP contribution in [0.1, 0.15) is 31.7 Å². The van der Waals surface area contributed by atoms with Crippen molar-refractivity contribution in [3.05, 3.63) is 34.9 Å². The Labute approximate surface area is 173 Å². The summed E-state index contributed by atoms with van der Waals surface area (Å²) in [5.74, 6) is 1.61. The third-order valence-corrected chi connectivity index (χ3v) is 5.31. The van der Waals surface area contributed by atoms with Gasteiger partial charge in [0, 0.05) is 43.1 Å². The van der Waals surface area contributed by atoms with Crippen molar-refractivity contribution in [3.8, 4) is 0 Å². The average Bonchev–Trinajstić information content (AvgIpc) is 3.20. The predicted octanol–water partition coefficient (Wildman–Crippen LogP) is 3.92. The van der Waals surface area contributed by atoms with E-state index >= 15 is 0 Å². The van der Waals surface area contributed by atoms with Gasteiger partial charge in [0.1, 0.15) is 0 Å². The Morgan fingerprint density at radius 1 is 1.44 bits per heavy atom. The van der Waals surface area contributed by atoms with E-state index in [1.54, 1.807) is 0 Å². The van der Waals surface area contributed by atoms with E-state index in [2.05, 4.69) is 36.3 Å². The van der Waals surface area contributed by atoms with Crippen molar-refractivity contribution in [3.63, 3.8) is 0 Å². The molecule has 1 atom stereocenters. The van der Waals surface area contributed by atoms with Gasteiger partial charge >= 0.3 is 0 Å². The van der Waals surface area contributed by atoms with Gasteiger partial charge < -0.3 is 15.0 Å². The van der Waals surface area contributed by atoms with Crippen LogP contribution >= 0.6 is 35.6 Å². The molecule has 1 aliphatic heterocycles. The summed E-state index contributed by atoms with van der Waals surface area (Å²) in [7, 11) is 2.12. The Morgan fingerprint density at radius 3 is 2.84 bits per heavy atom. The maximum absolute atomic E-state index is 6.17. The quantitative estimate of drug-likeness (QED) is 0.383. The van der Waals surface area contributed by atoms with Crippen molar-refractivity contribution in [1.82, 2.24) is 10.2 Å². The molecule has 1 aromatic rings. The van der Waals surface area contributed by atoms with Crippen molar-refractivity contribution >= 4 is 41.5 Å². The van der Waals surface area contributed by atoms with Gasteiger partial charge in [0.2, 0.25) is 0 Å². The van der Waals surface area contributed by atoms with E-state index in [0.29, 0.717) is 5.92 Å². The van der Waals surface area contributed by atoms with Gasteiger partial charge in [-0.25, -0.2) is 0 Å². The second-order valence-electron chi connectivity index (χ2n) is 7.07. The highest BCUT2D eigenvalue weighted by molar-refractivity contribution is 14.0. The number of halogens is 2. The summed E-state index contributed by atoms with van der Waals surface area (Å²) < 4.78 is 5.49. The van der Waals surface area contributed by atoms with Gasteiger partial charge in [-0.15, -0.1) is 24.0 Å². The van der Waals surface area contributed by atoms with Gasteiger partial charge in [0.15, 0.2) is 5.96 Å². The standard InChI is InChI=1S/C19H28ClN3O.HI/c1-3-21-18(23(2)12-15-7-10-24-13-15)22-14-19(8-9-19)16-5-4-6-17(20)11-16;/h4-6,11,15H,3,7-10,12-14H2,1-2H3,(H,21,22);1H. The predicted molar refractivity (Wildman–Crippen MR) is 115 cm³/mol. The van der Waals surface area contributed by atoms with Crippen LogP contribution < -0.4 is 5.32 Å². The molecule has 6 heteroatoms. The lowest BCUT2D eigenvalue weighted by Crippen LogP contribution is -2.42.